The molecule has 2 aliphatic heterocycles. The lowest BCUT2D eigenvalue weighted by Crippen LogP contribution is -2.34. The van der Waals surface area contributed by atoms with Crippen LogP contribution in [0.25, 0.3) is 6.08 Å². The summed E-state index contributed by atoms with van der Waals surface area (Å²) >= 11 is 6.56. The Kier molecular flexibility index (Phi) is 6.52. The number of furan rings is 1. The van der Waals surface area contributed by atoms with Crippen molar-refractivity contribution in [3.05, 3.63) is 76.5 Å². The molecule has 1 aromatic carbocycles. The Bertz CT molecular complexity index is 1250. The Morgan fingerprint density at radius 1 is 1.21 bits per heavy atom. The largest absolute Gasteiger partial charge is 0.467 e. The summed E-state index contributed by atoms with van der Waals surface area (Å²) in [7, 11) is 0. The quantitative estimate of drug-likeness (QED) is 0.352. The number of carbonyl (C=O) groups excluding carboxylic acids is 1. The highest BCUT2D eigenvalue weighted by Crippen LogP contribution is 2.35. The van der Waals surface area contributed by atoms with Crippen LogP contribution < -0.4 is 4.90 Å². The molecule has 0 atom stereocenters. The zero-order valence-electron chi connectivity index (χ0n) is 18.3. The monoisotopic (exact) mass is 490 g/mol. The number of benzene rings is 1. The van der Waals surface area contributed by atoms with Gasteiger partial charge in [-0.05, 0) is 42.9 Å². The smallest absolute Gasteiger partial charge is 0.266 e. The molecule has 2 saturated heterocycles. The number of nitriles is 1. The number of piperidine rings is 1. The third-order valence-corrected chi connectivity index (χ3v) is 7.40. The molecule has 1 amide bonds. The summed E-state index contributed by atoms with van der Waals surface area (Å²) in [6.45, 7) is 1.87. The van der Waals surface area contributed by atoms with Gasteiger partial charge in [0.15, 0.2) is 0 Å². The van der Waals surface area contributed by atoms with Crippen molar-refractivity contribution in [3.8, 4) is 6.07 Å². The molecule has 172 valence electrons. The Morgan fingerprint density at radius 2 is 2.00 bits per heavy atom. The first-order valence-electron chi connectivity index (χ1n) is 11.1. The Labute approximate surface area is 207 Å². The maximum absolute atomic E-state index is 12.9. The summed E-state index contributed by atoms with van der Waals surface area (Å²) in [6.07, 6.45) is 6.21. The van der Waals surface area contributed by atoms with Crippen molar-refractivity contribution < 1.29 is 13.6 Å². The number of thioether (sulfide) groups is 1. The summed E-state index contributed by atoms with van der Waals surface area (Å²) in [5.74, 6) is 1.72. The van der Waals surface area contributed by atoms with Crippen LogP contribution in [0, 0.1) is 17.2 Å². The van der Waals surface area contributed by atoms with Gasteiger partial charge in [-0.3, -0.25) is 9.69 Å². The highest BCUT2D eigenvalue weighted by atomic mass is 32.2. The van der Waals surface area contributed by atoms with Gasteiger partial charge in [0.05, 0.1) is 17.7 Å². The van der Waals surface area contributed by atoms with E-state index >= 15 is 0 Å². The van der Waals surface area contributed by atoms with E-state index in [0.717, 1.165) is 32.4 Å². The Morgan fingerprint density at radius 3 is 2.71 bits per heavy atom. The fraction of sp³-hybridized carbons (Fsp3) is 0.280. The van der Waals surface area contributed by atoms with Gasteiger partial charge in [-0.15, -0.1) is 0 Å². The molecule has 3 aromatic rings. The SMILES string of the molecule is N#Cc1nc(/C=C2\SC(=S)N(Cc3ccco3)C2=O)oc1N1CCC(Cc2ccccc2)CC1. The first-order valence-corrected chi connectivity index (χ1v) is 12.3. The minimum Gasteiger partial charge on any atom is -0.467 e. The standard InChI is InChI=1S/C25H22N4O3S2/c26-15-20-24(28-10-8-18(9-11-28)13-17-5-2-1-3-6-17)32-22(27-20)14-21-23(30)29(25(33)34-21)16-19-7-4-12-31-19/h1-7,12,14,18H,8-11,13,16H2/b21-14-. The van der Waals surface area contributed by atoms with E-state index in [1.54, 1.807) is 24.5 Å². The molecule has 0 saturated carbocycles. The molecular weight excluding hydrogens is 468 g/mol. The Hall–Kier alpha value is -3.35. The number of nitrogens with zero attached hydrogens (tertiary/aromatic N) is 4. The first-order chi connectivity index (χ1) is 16.6. The average Bonchev–Trinajstić information content (AvgIpc) is 3.57. The molecule has 0 spiro atoms. The van der Waals surface area contributed by atoms with E-state index in [4.69, 9.17) is 21.1 Å². The fourth-order valence-electron chi connectivity index (χ4n) is 4.27. The number of thiocarbonyl (C=S) groups is 1. The molecule has 2 aromatic heterocycles. The van der Waals surface area contributed by atoms with Crippen molar-refractivity contribution in [1.29, 1.82) is 5.26 Å². The number of amides is 1. The summed E-state index contributed by atoms with van der Waals surface area (Å²) in [4.78, 5) is 21.2. The second kappa shape index (κ2) is 9.87. The molecule has 5 rings (SSSR count). The number of hydrogen-bond acceptors (Lipinski definition) is 8. The summed E-state index contributed by atoms with van der Waals surface area (Å²) in [5, 5.41) is 9.62. The molecule has 0 aliphatic carbocycles. The van der Waals surface area contributed by atoms with Gasteiger partial charge in [-0.2, -0.15) is 10.2 Å². The number of aromatic nitrogens is 1. The number of hydrogen-bond donors (Lipinski definition) is 0. The normalized spacial score (nSPS) is 18.1. The van der Waals surface area contributed by atoms with Gasteiger partial charge in [0.2, 0.25) is 17.5 Å². The van der Waals surface area contributed by atoms with Gasteiger partial charge < -0.3 is 13.7 Å². The van der Waals surface area contributed by atoms with Gasteiger partial charge in [0.25, 0.3) is 5.91 Å². The average molecular weight is 491 g/mol. The number of anilines is 1. The Balaban J connectivity index is 1.27. The van der Waals surface area contributed by atoms with E-state index in [1.807, 2.05) is 6.07 Å². The predicted molar refractivity (Wildman–Crippen MR) is 134 cm³/mol. The minimum absolute atomic E-state index is 0.230. The van der Waals surface area contributed by atoms with Crippen LogP contribution >= 0.6 is 24.0 Å². The van der Waals surface area contributed by atoms with E-state index in [0.29, 0.717) is 26.8 Å². The zero-order chi connectivity index (χ0) is 23.5. The van der Waals surface area contributed by atoms with Crippen LogP contribution in [-0.2, 0) is 17.8 Å². The van der Waals surface area contributed by atoms with Crippen molar-refractivity contribution in [2.24, 2.45) is 5.92 Å². The van der Waals surface area contributed by atoms with Gasteiger partial charge in [-0.1, -0.05) is 54.3 Å². The molecule has 34 heavy (non-hydrogen) atoms. The molecule has 2 fully saturated rings. The molecular formula is C25H22N4O3S2. The van der Waals surface area contributed by atoms with Crippen LogP contribution in [0.5, 0.6) is 0 Å². The molecule has 9 heteroatoms. The van der Waals surface area contributed by atoms with Gasteiger partial charge in [-0.25, -0.2) is 0 Å². The van der Waals surface area contributed by atoms with Crippen molar-refractivity contribution in [1.82, 2.24) is 9.88 Å². The van der Waals surface area contributed by atoms with Crippen LogP contribution in [0.3, 0.4) is 0 Å². The fourth-order valence-corrected chi connectivity index (χ4v) is 5.49. The maximum Gasteiger partial charge on any atom is 0.266 e. The molecule has 0 bridgehead atoms. The summed E-state index contributed by atoms with van der Waals surface area (Å²) in [5.41, 5.74) is 1.59. The van der Waals surface area contributed by atoms with Crippen molar-refractivity contribution in [2.45, 2.75) is 25.8 Å². The summed E-state index contributed by atoms with van der Waals surface area (Å²) < 4.78 is 11.7. The van der Waals surface area contributed by atoms with E-state index in [1.165, 1.54) is 22.2 Å². The van der Waals surface area contributed by atoms with E-state index in [9.17, 15) is 10.1 Å². The molecule has 4 heterocycles. The molecule has 2 aliphatic rings. The van der Waals surface area contributed by atoms with Crippen molar-refractivity contribution >= 4 is 46.2 Å². The number of oxazole rings is 1. The highest BCUT2D eigenvalue weighted by Gasteiger charge is 2.33. The zero-order valence-corrected chi connectivity index (χ0v) is 20.0. The minimum atomic E-state index is -0.230. The van der Waals surface area contributed by atoms with Crippen LogP contribution in [0.2, 0.25) is 0 Å². The second-order valence-corrected chi connectivity index (χ2v) is 9.96. The maximum atomic E-state index is 12.9. The molecule has 0 radical (unpaired) electrons. The van der Waals surface area contributed by atoms with E-state index in [2.05, 4.69) is 40.2 Å². The lowest BCUT2D eigenvalue weighted by molar-refractivity contribution is -0.122. The third kappa shape index (κ3) is 4.79. The lowest BCUT2D eigenvalue weighted by atomic mass is 9.90. The van der Waals surface area contributed by atoms with Crippen LogP contribution in [0.4, 0.5) is 5.88 Å². The second-order valence-electron chi connectivity index (χ2n) is 8.29. The molecule has 0 N–H and O–H groups in total. The van der Waals surface area contributed by atoms with Crippen molar-refractivity contribution in [2.75, 3.05) is 18.0 Å². The van der Waals surface area contributed by atoms with Gasteiger partial charge in [0, 0.05) is 19.2 Å². The highest BCUT2D eigenvalue weighted by molar-refractivity contribution is 8.26. The van der Waals surface area contributed by atoms with Crippen LogP contribution in [0.15, 0.2) is 62.5 Å². The first kappa shape index (κ1) is 22.4. The van der Waals surface area contributed by atoms with Gasteiger partial charge in [0.1, 0.15) is 16.2 Å². The number of carbonyl (C=O) groups is 1. The topological polar surface area (TPSA) is 86.5 Å². The summed E-state index contributed by atoms with van der Waals surface area (Å²) in [6, 6.07) is 16.2. The van der Waals surface area contributed by atoms with E-state index < -0.39 is 0 Å². The molecule has 7 nitrogen and oxygen atoms in total. The third-order valence-electron chi connectivity index (χ3n) is 6.02. The van der Waals surface area contributed by atoms with Crippen LogP contribution in [0.1, 0.15) is 35.7 Å². The lowest BCUT2D eigenvalue weighted by Gasteiger charge is -2.31. The van der Waals surface area contributed by atoms with Crippen LogP contribution in [-0.4, -0.2) is 33.2 Å². The number of rotatable bonds is 6. The molecule has 0 unspecified atom stereocenters. The van der Waals surface area contributed by atoms with Crippen molar-refractivity contribution in [3.63, 3.8) is 0 Å². The van der Waals surface area contributed by atoms with E-state index in [-0.39, 0.29) is 24.0 Å². The van der Waals surface area contributed by atoms with Gasteiger partial charge >= 0.3 is 0 Å². The predicted octanol–water partition coefficient (Wildman–Crippen LogP) is 5.00.